The first-order chi connectivity index (χ1) is 13.9. The summed E-state index contributed by atoms with van der Waals surface area (Å²) in [6, 6.07) is 4.04. The van der Waals surface area contributed by atoms with Gasteiger partial charge in [0.2, 0.25) is 0 Å². The molecular weight excluding hydrogens is 417 g/mol. The molecule has 1 aromatic carbocycles. The first-order valence-electron chi connectivity index (χ1n) is 9.52. The van der Waals surface area contributed by atoms with Crippen LogP contribution in [0.4, 0.5) is 4.39 Å². The molecule has 0 atom stereocenters. The summed E-state index contributed by atoms with van der Waals surface area (Å²) in [6.07, 6.45) is 4.43. The SMILES string of the molecule is O=C(COc1ccc(Cl)c(F)c1)NC12CC(NC(=O)c3nc(C4CC4)cs3)(C1)C2. The molecule has 2 amide bonds. The third-order valence-corrected chi connectivity index (χ3v) is 6.95. The number of halogens is 2. The summed E-state index contributed by atoms with van der Waals surface area (Å²) >= 11 is 7.02. The van der Waals surface area contributed by atoms with Gasteiger partial charge < -0.3 is 15.4 Å². The minimum atomic E-state index is -0.592. The molecule has 0 spiro atoms. The third kappa shape index (κ3) is 3.59. The van der Waals surface area contributed by atoms with Crippen molar-refractivity contribution in [1.82, 2.24) is 15.6 Å². The number of aromatic nitrogens is 1. The van der Waals surface area contributed by atoms with Gasteiger partial charge in [-0.15, -0.1) is 11.3 Å². The maximum atomic E-state index is 13.4. The first-order valence-corrected chi connectivity index (χ1v) is 10.8. The molecule has 4 saturated carbocycles. The van der Waals surface area contributed by atoms with Crippen LogP contribution >= 0.6 is 22.9 Å². The summed E-state index contributed by atoms with van der Waals surface area (Å²) in [6.45, 7) is -0.203. The minimum absolute atomic E-state index is 0.00419. The molecule has 0 saturated heterocycles. The number of carbonyl (C=O) groups is 2. The van der Waals surface area contributed by atoms with E-state index in [1.807, 2.05) is 5.38 Å². The molecule has 4 aliphatic rings. The van der Waals surface area contributed by atoms with E-state index < -0.39 is 5.82 Å². The lowest BCUT2D eigenvalue weighted by atomic mass is 9.44. The molecule has 6 rings (SSSR count). The molecule has 1 aromatic heterocycles. The summed E-state index contributed by atoms with van der Waals surface area (Å²) in [5.41, 5.74) is 0.513. The van der Waals surface area contributed by atoms with Gasteiger partial charge in [-0.2, -0.15) is 0 Å². The number of benzene rings is 1. The van der Waals surface area contributed by atoms with Gasteiger partial charge in [-0.3, -0.25) is 9.59 Å². The van der Waals surface area contributed by atoms with Crippen molar-refractivity contribution in [2.45, 2.75) is 49.1 Å². The Morgan fingerprint density at radius 1 is 1.24 bits per heavy atom. The van der Waals surface area contributed by atoms with Gasteiger partial charge in [-0.25, -0.2) is 9.37 Å². The second-order valence-electron chi connectivity index (χ2n) is 8.31. The summed E-state index contributed by atoms with van der Waals surface area (Å²) < 4.78 is 18.7. The Morgan fingerprint density at radius 2 is 1.97 bits per heavy atom. The normalized spacial score (nSPS) is 26.8. The molecule has 6 nitrogen and oxygen atoms in total. The van der Waals surface area contributed by atoms with Crippen LogP contribution in [0.3, 0.4) is 0 Å². The third-order valence-electron chi connectivity index (χ3n) is 5.79. The van der Waals surface area contributed by atoms with E-state index in [-0.39, 0.29) is 40.3 Å². The zero-order chi connectivity index (χ0) is 20.2. The van der Waals surface area contributed by atoms with Crippen LogP contribution in [0.15, 0.2) is 23.6 Å². The van der Waals surface area contributed by atoms with E-state index >= 15 is 0 Å². The van der Waals surface area contributed by atoms with E-state index in [9.17, 15) is 14.0 Å². The Bertz CT molecular complexity index is 987. The zero-order valence-corrected chi connectivity index (χ0v) is 17.0. The van der Waals surface area contributed by atoms with E-state index in [0.717, 1.165) is 24.6 Å². The lowest BCUT2D eigenvalue weighted by Crippen LogP contribution is -2.84. The molecule has 4 aliphatic carbocycles. The van der Waals surface area contributed by atoms with Crippen molar-refractivity contribution in [2.75, 3.05) is 6.61 Å². The fourth-order valence-corrected chi connectivity index (χ4v) is 5.26. The van der Waals surface area contributed by atoms with Gasteiger partial charge in [0.1, 0.15) is 11.6 Å². The first kappa shape index (κ1) is 18.8. The topological polar surface area (TPSA) is 80.3 Å². The lowest BCUT2D eigenvalue weighted by molar-refractivity contribution is -0.141. The number of hydrogen-bond donors (Lipinski definition) is 2. The number of carbonyl (C=O) groups excluding carboxylic acids is 2. The molecule has 1 heterocycles. The predicted molar refractivity (Wildman–Crippen MR) is 106 cm³/mol. The molecule has 2 N–H and O–H groups in total. The Hall–Kier alpha value is -2.19. The smallest absolute Gasteiger partial charge is 0.280 e. The molecular formula is C20H19ClFN3O3S. The second kappa shape index (κ2) is 6.67. The average molecular weight is 436 g/mol. The minimum Gasteiger partial charge on any atom is -0.484 e. The summed E-state index contributed by atoms with van der Waals surface area (Å²) in [5, 5.41) is 8.55. The number of nitrogens with zero attached hydrogens (tertiary/aromatic N) is 1. The number of nitrogens with one attached hydrogen (secondary N) is 2. The van der Waals surface area contributed by atoms with Crippen molar-refractivity contribution in [2.24, 2.45) is 0 Å². The highest BCUT2D eigenvalue weighted by Gasteiger charge is 2.69. The zero-order valence-electron chi connectivity index (χ0n) is 15.5. The Balaban J connectivity index is 1.08. The molecule has 152 valence electrons. The number of ether oxygens (including phenoxy) is 1. The van der Waals surface area contributed by atoms with Crippen molar-refractivity contribution < 1.29 is 18.7 Å². The van der Waals surface area contributed by atoms with Crippen LogP contribution in [0, 0.1) is 5.82 Å². The molecule has 0 unspecified atom stereocenters. The number of amides is 2. The average Bonchev–Trinajstić information content (AvgIpc) is 3.36. The highest BCUT2D eigenvalue weighted by atomic mass is 35.5. The van der Waals surface area contributed by atoms with Gasteiger partial charge in [-0.1, -0.05) is 11.6 Å². The molecule has 4 fully saturated rings. The number of rotatable bonds is 7. The molecule has 2 bridgehead atoms. The maximum Gasteiger partial charge on any atom is 0.280 e. The highest BCUT2D eigenvalue weighted by molar-refractivity contribution is 7.11. The molecule has 0 aliphatic heterocycles. The summed E-state index contributed by atoms with van der Waals surface area (Å²) in [4.78, 5) is 29.1. The molecule has 29 heavy (non-hydrogen) atoms. The van der Waals surface area contributed by atoms with Gasteiger partial charge in [0.25, 0.3) is 11.8 Å². The molecule has 2 aromatic rings. The predicted octanol–water partition coefficient (Wildman–Crippen LogP) is 3.41. The van der Waals surface area contributed by atoms with Crippen molar-refractivity contribution in [3.8, 4) is 5.75 Å². The van der Waals surface area contributed by atoms with Gasteiger partial charge in [-0.05, 0) is 44.2 Å². The van der Waals surface area contributed by atoms with Crippen LogP contribution in [0.5, 0.6) is 5.75 Å². The van der Waals surface area contributed by atoms with Crippen LogP contribution in [0.2, 0.25) is 5.02 Å². The standard InChI is InChI=1S/C20H19ClFN3O3S/c21-13-4-3-12(5-14(13)22)28-6-16(26)24-19-8-20(9-19,10-19)25-17(27)18-23-15(7-29-18)11-1-2-11/h3-5,7,11H,1-2,6,8-10H2,(H,24,26)(H,25,27). The van der Waals surface area contributed by atoms with Crippen molar-refractivity contribution in [1.29, 1.82) is 0 Å². The molecule has 9 heteroatoms. The van der Waals surface area contributed by atoms with E-state index in [4.69, 9.17) is 16.3 Å². The largest absolute Gasteiger partial charge is 0.484 e. The van der Waals surface area contributed by atoms with Gasteiger partial charge in [0, 0.05) is 28.4 Å². The van der Waals surface area contributed by atoms with Gasteiger partial charge in [0.05, 0.1) is 10.7 Å². The van der Waals surface area contributed by atoms with Gasteiger partial charge in [0.15, 0.2) is 11.6 Å². The van der Waals surface area contributed by atoms with Crippen LogP contribution in [-0.2, 0) is 4.79 Å². The Morgan fingerprint density at radius 3 is 2.66 bits per heavy atom. The van der Waals surface area contributed by atoms with E-state index in [2.05, 4.69) is 15.6 Å². The van der Waals surface area contributed by atoms with E-state index in [0.29, 0.717) is 30.2 Å². The van der Waals surface area contributed by atoms with Gasteiger partial charge >= 0.3 is 0 Å². The fourth-order valence-electron chi connectivity index (χ4n) is 4.35. The summed E-state index contributed by atoms with van der Waals surface area (Å²) in [5.74, 6) is -0.208. The molecule has 0 radical (unpaired) electrons. The van der Waals surface area contributed by atoms with E-state index in [1.54, 1.807) is 0 Å². The Labute approximate surface area is 175 Å². The fraction of sp³-hybridized carbons (Fsp3) is 0.450. The maximum absolute atomic E-state index is 13.4. The van der Waals surface area contributed by atoms with Crippen LogP contribution in [0.25, 0.3) is 0 Å². The van der Waals surface area contributed by atoms with Crippen LogP contribution in [0.1, 0.15) is 53.5 Å². The van der Waals surface area contributed by atoms with Crippen LogP contribution < -0.4 is 15.4 Å². The van der Waals surface area contributed by atoms with E-state index in [1.165, 1.54) is 23.5 Å². The number of hydrogen-bond acceptors (Lipinski definition) is 5. The van der Waals surface area contributed by atoms with Crippen molar-refractivity contribution >= 4 is 34.8 Å². The van der Waals surface area contributed by atoms with Crippen LogP contribution in [-0.4, -0.2) is 34.5 Å². The highest BCUT2D eigenvalue weighted by Crippen LogP contribution is 2.60. The Kier molecular flexibility index (Phi) is 4.33. The quantitative estimate of drug-likeness (QED) is 0.698. The lowest BCUT2D eigenvalue weighted by Gasteiger charge is -2.70. The summed E-state index contributed by atoms with van der Waals surface area (Å²) in [7, 11) is 0. The second-order valence-corrected chi connectivity index (χ2v) is 9.57. The monoisotopic (exact) mass is 435 g/mol. The number of thiazole rings is 1. The van der Waals surface area contributed by atoms with Crippen molar-refractivity contribution in [3.63, 3.8) is 0 Å². The van der Waals surface area contributed by atoms with Crippen molar-refractivity contribution in [3.05, 3.63) is 45.1 Å².